The van der Waals surface area contributed by atoms with E-state index in [4.69, 9.17) is 10.5 Å². The monoisotopic (exact) mass is 243 g/mol. The minimum absolute atomic E-state index is 0.0688. The lowest BCUT2D eigenvalue weighted by Gasteiger charge is -2.10. The molecule has 0 aromatic heterocycles. The van der Waals surface area contributed by atoms with Crippen LogP contribution in [0.1, 0.15) is 15.9 Å². The Bertz CT molecular complexity index is 579. The largest absolute Gasteiger partial charge is 0.505 e. The first-order valence-electron chi connectivity index (χ1n) is 5.40. The third-order valence-electron chi connectivity index (χ3n) is 2.68. The predicted octanol–water partition coefficient (Wildman–Crippen LogP) is 2.21. The average Bonchev–Trinajstić information content (AvgIpc) is 2.42. The number of methoxy groups -OCH3 is 1. The van der Waals surface area contributed by atoms with Crippen LogP contribution in [-0.2, 0) is 0 Å². The number of ether oxygens (including phenoxy) is 1. The molecule has 0 atom stereocenters. The van der Waals surface area contributed by atoms with Gasteiger partial charge in [0.1, 0.15) is 11.4 Å². The zero-order chi connectivity index (χ0) is 13.1. The molecule has 4 nitrogen and oxygen atoms in total. The highest BCUT2D eigenvalue weighted by Crippen LogP contribution is 2.34. The maximum atomic E-state index is 12.2. The summed E-state index contributed by atoms with van der Waals surface area (Å²) in [6.45, 7) is 0. The van der Waals surface area contributed by atoms with Gasteiger partial charge in [0, 0.05) is 5.56 Å². The molecule has 18 heavy (non-hydrogen) atoms. The van der Waals surface area contributed by atoms with Crippen molar-refractivity contribution in [2.45, 2.75) is 0 Å². The number of nitrogen functional groups attached to an aromatic ring is 1. The van der Waals surface area contributed by atoms with E-state index in [2.05, 4.69) is 0 Å². The lowest BCUT2D eigenvalue weighted by Crippen LogP contribution is -2.04. The molecule has 0 amide bonds. The third-order valence-corrected chi connectivity index (χ3v) is 2.68. The van der Waals surface area contributed by atoms with Crippen molar-refractivity contribution in [2.24, 2.45) is 0 Å². The standard InChI is InChI=1S/C14H13NO3/c1-18-11-8-7-10(14(17)12(11)15)13(16)9-5-3-2-4-6-9/h2-8,17H,15H2,1H3. The van der Waals surface area contributed by atoms with Crippen LogP contribution in [0.4, 0.5) is 5.69 Å². The molecule has 92 valence electrons. The fourth-order valence-corrected chi connectivity index (χ4v) is 1.70. The van der Waals surface area contributed by atoms with Gasteiger partial charge in [-0.15, -0.1) is 0 Å². The molecule has 0 aliphatic carbocycles. The molecule has 2 aromatic carbocycles. The fraction of sp³-hybridized carbons (Fsp3) is 0.0714. The molecule has 0 unspecified atom stereocenters. The van der Waals surface area contributed by atoms with Crippen LogP contribution in [0.5, 0.6) is 11.5 Å². The number of anilines is 1. The highest BCUT2D eigenvalue weighted by Gasteiger charge is 2.17. The first-order valence-corrected chi connectivity index (χ1v) is 5.40. The molecule has 0 radical (unpaired) electrons. The fourth-order valence-electron chi connectivity index (χ4n) is 1.70. The maximum Gasteiger partial charge on any atom is 0.196 e. The van der Waals surface area contributed by atoms with Gasteiger partial charge in [-0.3, -0.25) is 4.79 Å². The molecular formula is C14H13NO3. The zero-order valence-corrected chi connectivity index (χ0v) is 9.88. The van der Waals surface area contributed by atoms with E-state index in [9.17, 15) is 9.90 Å². The topological polar surface area (TPSA) is 72.5 Å². The molecule has 0 heterocycles. The van der Waals surface area contributed by atoms with Gasteiger partial charge in [0.25, 0.3) is 0 Å². The van der Waals surface area contributed by atoms with E-state index >= 15 is 0 Å². The number of phenols is 1. The lowest BCUT2D eigenvalue weighted by atomic mass is 10.0. The highest BCUT2D eigenvalue weighted by molar-refractivity contribution is 6.11. The Morgan fingerprint density at radius 2 is 1.83 bits per heavy atom. The van der Waals surface area contributed by atoms with Crippen LogP contribution in [0.2, 0.25) is 0 Å². The summed E-state index contributed by atoms with van der Waals surface area (Å²) in [4.78, 5) is 12.2. The van der Waals surface area contributed by atoms with Gasteiger partial charge < -0.3 is 15.6 Å². The molecule has 3 N–H and O–H groups in total. The van der Waals surface area contributed by atoms with Crippen molar-refractivity contribution in [3.8, 4) is 11.5 Å². The van der Waals surface area contributed by atoms with Crippen molar-refractivity contribution < 1.29 is 14.6 Å². The number of nitrogens with two attached hydrogens (primary N) is 1. The van der Waals surface area contributed by atoms with E-state index in [-0.39, 0.29) is 22.8 Å². The summed E-state index contributed by atoms with van der Waals surface area (Å²) in [5, 5.41) is 9.92. The van der Waals surface area contributed by atoms with Gasteiger partial charge in [-0.25, -0.2) is 0 Å². The van der Waals surface area contributed by atoms with Crippen LogP contribution in [0.15, 0.2) is 42.5 Å². The Hall–Kier alpha value is -2.49. The Morgan fingerprint density at radius 3 is 2.44 bits per heavy atom. The Balaban J connectivity index is 2.47. The number of phenolic OH excluding ortho intramolecular Hbond substituents is 1. The number of rotatable bonds is 3. The van der Waals surface area contributed by atoms with Gasteiger partial charge >= 0.3 is 0 Å². The molecule has 0 aliphatic rings. The quantitative estimate of drug-likeness (QED) is 0.492. The van der Waals surface area contributed by atoms with Crippen molar-refractivity contribution in [1.82, 2.24) is 0 Å². The summed E-state index contributed by atoms with van der Waals surface area (Å²) in [6.07, 6.45) is 0. The van der Waals surface area contributed by atoms with Gasteiger partial charge in [0.2, 0.25) is 0 Å². The second-order valence-corrected chi connectivity index (χ2v) is 3.77. The molecular weight excluding hydrogens is 230 g/mol. The second-order valence-electron chi connectivity index (χ2n) is 3.77. The summed E-state index contributed by atoms with van der Waals surface area (Å²) in [6, 6.07) is 11.8. The summed E-state index contributed by atoms with van der Waals surface area (Å²) < 4.78 is 4.97. The number of ketones is 1. The van der Waals surface area contributed by atoms with Crippen LogP contribution in [0.3, 0.4) is 0 Å². The first kappa shape index (κ1) is 12.0. The van der Waals surface area contributed by atoms with Crippen molar-refractivity contribution in [1.29, 1.82) is 0 Å². The maximum absolute atomic E-state index is 12.2. The molecule has 0 saturated heterocycles. The molecule has 0 aliphatic heterocycles. The molecule has 2 rings (SSSR count). The van der Waals surface area contributed by atoms with Crippen molar-refractivity contribution in [3.05, 3.63) is 53.6 Å². The number of carbonyl (C=O) groups is 1. The van der Waals surface area contributed by atoms with Crippen LogP contribution >= 0.6 is 0 Å². The summed E-state index contributed by atoms with van der Waals surface area (Å²) >= 11 is 0. The van der Waals surface area contributed by atoms with Gasteiger partial charge in [0.05, 0.1) is 12.7 Å². The smallest absolute Gasteiger partial charge is 0.196 e. The minimum Gasteiger partial charge on any atom is -0.505 e. The normalized spacial score (nSPS) is 10.1. The second kappa shape index (κ2) is 4.79. The van der Waals surface area contributed by atoms with Gasteiger partial charge in [-0.1, -0.05) is 30.3 Å². The van der Waals surface area contributed by atoms with Crippen molar-refractivity contribution >= 4 is 11.5 Å². The first-order chi connectivity index (χ1) is 8.65. The van der Waals surface area contributed by atoms with Crippen molar-refractivity contribution in [2.75, 3.05) is 12.8 Å². The molecule has 0 fully saturated rings. The summed E-state index contributed by atoms with van der Waals surface area (Å²) in [7, 11) is 1.45. The number of hydrogen-bond acceptors (Lipinski definition) is 4. The Labute approximate surface area is 105 Å². The lowest BCUT2D eigenvalue weighted by molar-refractivity contribution is 0.103. The van der Waals surface area contributed by atoms with E-state index in [0.29, 0.717) is 11.3 Å². The van der Waals surface area contributed by atoms with E-state index in [1.165, 1.54) is 13.2 Å². The van der Waals surface area contributed by atoms with Gasteiger partial charge in [0.15, 0.2) is 11.5 Å². The molecule has 0 saturated carbocycles. The SMILES string of the molecule is COc1ccc(C(=O)c2ccccc2)c(O)c1N. The van der Waals surface area contributed by atoms with Crippen LogP contribution in [0.25, 0.3) is 0 Å². The minimum atomic E-state index is -0.276. The predicted molar refractivity (Wildman–Crippen MR) is 68.9 cm³/mol. The molecule has 2 aromatic rings. The molecule has 4 heteroatoms. The molecule has 0 spiro atoms. The van der Waals surface area contributed by atoms with Gasteiger partial charge in [-0.2, -0.15) is 0 Å². The van der Waals surface area contributed by atoms with E-state index in [0.717, 1.165) is 0 Å². The summed E-state index contributed by atoms with van der Waals surface area (Å²) in [5.41, 5.74) is 6.42. The zero-order valence-electron chi connectivity index (χ0n) is 9.88. The average molecular weight is 243 g/mol. The van der Waals surface area contributed by atoms with E-state index in [1.54, 1.807) is 30.3 Å². The number of aromatic hydroxyl groups is 1. The number of benzene rings is 2. The molecule has 0 bridgehead atoms. The Morgan fingerprint density at radius 1 is 1.17 bits per heavy atom. The van der Waals surface area contributed by atoms with Crippen LogP contribution in [-0.4, -0.2) is 18.0 Å². The van der Waals surface area contributed by atoms with E-state index in [1.807, 2.05) is 6.07 Å². The third kappa shape index (κ3) is 2.00. The van der Waals surface area contributed by atoms with Gasteiger partial charge in [-0.05, 0) is 12.1 Å². The van der Waals surface area contributed by atoms with Crippen LogP contribution < -0.4 is 10.5 Å². The van der Waals surface area contributed by atoms with Crippen molar-refractivity contribution in [3.63, 3.8) is 0 Å². The van der Waals surface area contributed by atoms with Crippen LogP contribution in [0, 0.1) is 0 Å². The summed E-state index contributed by atoms with van der Waals surface area (Å²) in [5.74, 6) is -0.178. The number of carbonyl (C=O) groups excluding carboxylic acids is 1. The highest BCUT2D eigenvalue weighted by atomic mass is 16.5. The van der Waals surface area contributed by atoms with E-state index < -0.39 is 0 Å². The number of hydrogen-bond donors (Lipinski definition) is 2. The Kier molecular flexibility index (Phi) is 3.19.